The molecule has 0 spiro atoms. The number of amides is 2. The van der Waals surface area contributed by atoms with Gasteiger partial charge in [-0.3, -0.25) is 9.59 Å². The standard InChI is InChI=1S/C26H29N3O3/c30-25(29-13-15-32-16-14-29)21-7-5-19(6-8-21)17-20-9-11-28(12-10-20)26(31)23-18-27-24-4-2-1-3-22(23)24/h1-8,18,20,27H,9-17H2. The zero-order valence-electron chi connectivity index (χ0n) is 18.3. The van der Waals surface area contributed by atoms with Crippen molar-refractivity contribution in [3.63, 3.8) is 0 Å². The van der Waals surface area contributed by atoms with Gasteiger partial charge in [-0.25, -0.2) is 0 Å². The molecule has 0 radical (unpaired) electrons. The second-order valence-corrected chi connectivity index (χ2v) is 8.79. The van der Waals surface area contributed by atoms with E-state index in [1.54, 1.807) is 0 Å². The third-order valence-electron chi connectivity index (χ3n) is 6.74. The van der Waals surface area contributed by atoms with Gasteiger partial charge in [-0.2, -0.15) is 0 Å². The Labute approximate surface area is 188 Å². The number of carbonyl (C=O) groups is 2. The number of morpholine rings is 1. The fraction of sp³-hybridized carbons (Fsp3) is 0.385. The minimum absolute atomic E-state index is 0.0870. The summed E-state index contributed by atoms with van der Waals surface area (Å²) < 4.78 is 5.33. The number of H-pyrrole nitrogens is 1. The van der Waals surface area contributed by atoms with Crippen molar-refractivity contribution in [2.24, 2.45) is 5.92 Å². The second-order valence-electron chi connectivity index (χ2n) is 8.79. The summed E-state index contributed by atoms with van der Waals surface area (Å²) in [5.41, 5.74) is 3.76. The molecule has 0 aliphatic carbocycles. The van der Waals surface area contributed by atoms with Crippen LogP contribution in [0.5, 0.6) is 0 Å². The van der Waals surface area contributed by atoms with E-state index >= 15 is 0 Å². The van der Waals surface area contributed by atoms with Crippen molar-refractivity contribution in [3.05, 3.63) is 71.4 Å². The van der Waals surface area contributed by atoms with E-state index in [0.29, 0.717) is 32.2 Å². The fourth-order valence-corrected chi connectivity index (χ4v) is 4.82. The average Bonchev–Trinajstić information content (AvgIpc) is 3.29. The number of piperidine rings is 1. The molecule has 2 aliphatic rings. The number of nitrogens with one attached hydrogen (secondary N) is 1. The van der Waals surface area contributed by atoms with Crippen molar-refractivity contribution in [2.75, 3.05) is 39.4 Å². The van der Waals surface area contributed by atoms with E-state index in [2.05, 4.69) is 17.1 Å². The smallest absolute Gasteiger partial charge is 0.256 e. The van der Waals surface area contributed by atoms with Gasteiger partial charge in [0.05, 0.1) is 18.8 Å². The Morgan fingerprint density at radius 2 is 1.56 bits per heavy atom. The number of hydrogen-bond donors (Lipinski definition) is 1. The normalized spacial score (nSPS) is 17.6. The molecule has 2 fully saturated rings. The highest BCUT2D eigenvalue weighted by Crippen LogP contribution is 2.25. The molecule has 5 rings (SSSR count). The van der Waals surface area contributed by atoms with Crippen LogP contribution < -0.4 is 0 Å². The first-order valence-corrected chi connectivity index (χ1v) is 11.5. The summed E-state index contributed by atoms with van der Waals surface area (Å²) in [6.07, 6.45) is 4.82. The first-order valence-electron chi connectivity index (χ1n) is 11.5. The topological polar surface area (TPSA) is 65.6 Å². The number of likely N-dealkylation sites (tertiary alicyclic amines) is 1. The molecule has 3 aromatic rings. The molecule has 6 nitrogen and oxygen atoms in total. The first-order chi connectivity index (χ1) is 15.7. The lowest BCUT2D eigenvalue weighted by Gasteiger charge is -2.32. The number of aromatic nitrogens is 1. The summed E-state index contributed by atoms with van der Waals surface area (Å²) in [5, 5.41) is 0.992. The van der Waals surface area contributed by atoms with Crippen LogP contribution in [0.4, 0.5) is 0 Å². The lowest BCUT2D eigenvalue weighted by atomic mass is 9.89. The maximum absolute atomic E-state index is 13.0. The average molecular weight is 432 g/mol. The number of carbonyl (C=O) groups excluding carboxylic acids is 2. The lowest BCUT2D eigenvalue weighted by Crippen LogP contribution is -2.40. The van der Waals surface area contributed by atoms with Gasteiger partial charge in [0.1, 0.15) is 0 Å². The Bertz CT molecular complexity index is 1090. The van der Waals surface area contributed by atoms with E-state index < -0.39 is 0 Å². The minimum atomic E-state index is 0.0870. The van der Waals surface area contributed by atoms with Crippen LogP contribution in [-0.2, 0) is 11.2 Å². The van der Waals surface area contributed by atoms with Crippen molar-refractivity contribution in [2.45, 2.75) is 19.3 Å². The van der Waals surface area contributed by atoms with Gasteiger partial charge in [-0.05, 0) is 48.9 Å². The number of ether oxygens (including phenoxy) is 1. The molecule has 1 aromatic heterocycles. The van der Waals surface area contributed by atoms with Crippen LogP contribution in [0, 0.1) is 5.92 Å². The Morgan fingerprint density at radius 1 is 0.875 bits per heavy atom. The van der Waals surface area contributed by atoms with Crippen molar-refractivity contribution in [1.29, 1.82) is 0 Å². The largest absolute Gasteiger partial charge is 0.378 e. The van der Waals surface area contributed by atoms with Crippen LogP contribution in [0.1, 0.15) is 39.1 Å². The summed E-state index contributed by atoms with van der Waals surface area (Å²) in [4.78, 5) is 32.7. The Kier molecular flexibility index (Phi) is 5.95. The quantitative estimate of drug-likeness (QED) is 0.685. The van der Waals surface area contributed by atoms with Crippen molar-refractivity contribution in [1.82, 2.24) is 14.8 Å². The highest BCUT2D eigenvalue weighted by Gasteiger charge is 2.25. The van der Waals surface area contributed by atoms with Gasteiger partial charge in [0.25, 0.3) is 11.8 Å². The third-order valence-corrected chi connectivity index (χ3v) is 6.74. The van der Waals surface area contributed by atoms with Gasteiger partial charge >= 0.3 is 0 Å². The number of para-hydroxylation sites is 1. The maximum atomic E-state index is 13.0. The number of nitrogens with zero attached hydrogens (tertiary/aromatic N) is 2. The van der Waals surface area contributed by atoms with E-state index in [1.165, 1.54) is 5.56 Å². The molecule has 0 unspecified atom stereocenters. The fourth-order valence-electron chi connectivity index (χ4n) is 4.82. The Morgan fingerprint density at radius 3 is 2.31 bits per heavy atom. The predicted molar refractivity (Wildman–Crippen MR) is 124 cm³/mol. The SMILES string of the molecule is O=C(c1ccc(CC2CCN(C(=O)c3c[nH]c4ccccc34)CC2)cc1)N1CCOCC1. The number of benzene rings is 2. The zero-order chi connectivity index (χ0) is 21.9. The summed E-state index contributed by atoms with van der Waals surface area (Å²) in [7, 11) is 0. The van der Waals surface area contributed by atoms with Gasteiger partial charge in [-0.1, -0.05) is 30.3 Å². The van der Waals surface area contributed by atoms with Crippen molar-refractivity contribution >= 4 is 22.7 Å². The molecule has 2 aromatic carbocycles. The van der Waals surface area contributed by atoms with Crippen LogP contribution >= 0.6 is 0 Å². The molecule has 2 aliphatic heterocycles. The molecular weight excluding hydrogens is 402 g/mol. The predicted octanol–water partition coefficient (Wildman–Crippen LogP) is 3.74. The van der Waals surface area contributed by atoms with E-state index in [4.69, 9.17) is 4.74 Å². The van der Waals surface area contributed by atoms with E-state index in [-0.39, 0.29) is 11.8 Å². The van der Waals surface area contributed by atoms with Gasteiger partial charge in [0.15, 0.2) is 0 Å². The Hall–Kier alpha value is -3.12. The molecule has 166 valence electrons. The maximum Gasteiger partial charge on any atom is 0.256 e. The lowest BCUT2D eigenvalue weighted by molar-refractivity contribution is 0.0303. The Balaban J connectivity index is 1.15. The zero-order valence-corrected chi connectivity index (χ0v) is 18.3. The van der Waals surface area contributed by atoms with E-state index in [1.807, 2.05) is 52.4 Å². The van der Waals surface area contributed by atoms with Gasteiger partial charge in [0, 0.05) is 48.8 Å². The number of hydrogen-bond acceptors (Lipinski definition) is 3. The van der Waals surface area contributed by atoms with Crippen LogP contribution in [0.3, 0.4) is 0 Å². The molecule has 2 saturated heterocycles. The molecule has 6 heteroatoms. The first kappa shape index (κ1) is 20.8. The summed E-state index contributed by atoms with van der Waals surface area (Å²) in [6.45, 7) is 4.14. The molecule has 0 atom stereocenters. The van der Waals surface area contributed by atoms with Crippen LogP contribution in [0.15, 0.2) is 54.7 Å². The van der Waals surface area contributed by atoms with Crippen molar-refractivity contribution in [3.8, 4) is 0 Å². The molecular formula is C26H29N3O3. The van der Waals surface area contributed by atoms with E-state index in [9.17, 15) is 9.59 Å². The highest BCUT2D eigenvalue weighted by atomic mass is 16.5. The molecule has 0 saturated carbocycles. The minimum Gasteiger partial charge on any atom is -0.378 e. The second kappa shape index (κ2) is 9.17. The van der Waals surface area contributed by atoms with E-state index in [0.717, 1.165) is 54.4 Å². The van der Waals surface area contributed by atoms with Crippen LogP contribution in [-0.4, -0.2) is 66.0 Å². The van der Waals surface area contributed by atoms with Crippen LogP contribution in [0.2, 0.25) is 0 Å². The van der Waals surface area contributed by atoms with Crippen molar-refractivity contribution < 1.29 is 14.3 Å². The summed E-state index contributed by atoms with van der Waals surface area (Å²) in [6, 6.07) is 16.0. The molecule has 0 bridgehead atoms. The van der Waals surface area contributed by atoms with Crippen LogP contribution in [0.25, 0.3) is 10.9 Å². The van der Waals surface area contributed by atoms with Gasteiger partial charge in [0.2, 0.25) is 0 Å². The third kappa shape index (κ3) is 4.28. The monoisotopic (exact) mass is 431 g/mol. The number of fused-ring (bicyclic) bond motifs is 1. The molecule has 3 heterocycles. The molecule has 32 heavy (non-hydrogen) atoms. The number of aromatic amines is 1. The highest BCUT2D eigenvalue weighted by molar-refractivity contribution is 6.06. The molecule has 1 N–H and O–H groups in total. The molecule has 2 amide bonds. The number of rotatable bonds is 4. The van der Waals surface area contributed by atoms with Gasteiger partial charge < -0.3 is 19.5 Å². The summed E-state index contributed by atoms with van der Waals surface area (Å²) in [5.74, 6) is 0.763. The summed E-state index contributed by atoms with van der Waals surface area (Å²) >= 11 is 0. The van der Waals surface area contributed by atoms with Gasteiger partial charge in [-0.15, -0.1) is 0 Å².